The third-order valence-corrected chi connectivity index (χ3v) is 4.56. The number of hydrogen-bond donors (Lipinski definition) is 1. The van der Waals surface area contributed by atoms with Gasteiger partial charge in [-0.3, -0.25) is 0 Å². The lowest BCUT2D eigenvalue weighted by Gasteiger charge is -2.13. The van der Waals surface area contributed by atoms with Crippen molar-refractivity contribution in [3.63, 3.8) is 0 Å². The molecule has 0 saturated carbocycles. The van der Waals surface area contributed by atoms with Crippen molar-refractivity contribution in [2.45, 2.75) is 19.4 Å². The lowest BCUT2D eigenvalue weighted by molar-refractivity contribution is 0.246. The number of hydrogen-bond acceptors (Lipinski definition) is 2. The largest absolute Gasteiger partial charge is 0.488 e. The molecule has 0 radical (unpaired) electrons. The second-order valence-electron chi connectivity index (χ2n) is 5.04. The number of aryl methyl sites for hydroxylation is 1. The summed E-state index contributed by atoms with van der Waals surface area (Å²) in [7, 11) is 0. The SMILES string of the molecule is Cc1ccc(NCC2Cc3cc(Cl)ccc3O2)cc1Br. The fourth-order valence-electron chi connectivity index (χ4n) is 2.34. The van der Waals surface area contributed by atoms with Crippen LogP contribution in [0.5, 0.6) is 5.75 Å². The van der Waals surface area contributed by atoms with Gasteiger partial charge in [-0.1, -0.05) is 33.6 Å². The predicted octanol–water partition coefficient (Wildman–Crippen LogP) is 4.83. The molecule has 0 aliphatic carbocycles. The molecule has 1 heterocycles. The van der Waals surface area contributed by atoms with Gasteiger partial charge in [0, 0.05) is 21.6 Å². The second-order valence-corrected chi connectivity index (χ2v) is 6.33. The highest BCUT2D eigenvalue weighted by atomic mass is 79.9. The zero-order valence-corrected chi connectivity index (χ0v) is 13.5. The molecule has 3 rings (SSSR count). The molecule has 2 nitrogen and oxygen atoms in total. The Morgan fingerprint density at radius 2 is 2.15 bits per heavy atom. The number of ether oxygens (including phenoxy) is 1. The summed E-state index contributed by atoms with van der Waals surface area (Å²) in [6.45, 7) is 2.86. The molecule has 1 atom stereocenters. The first-order chi connectivity index (χ1) is 9.61. The highest BCUT2D eigenvalue weighted by Crippen LogP contribution is 2.31. The van der Waals surface area contributed by atoms with Gasteiger partial charge in [-0.15, -0.1) is 0 Å². The Balaban J connectivity index is 1.62. The molecule has 2 aromatic rings. The Kier molecular flexibility index (Phi) is 3.90. The summed E-state index contributed by atoms with van der Waals surface area (Å²) in [6.07, 6.45) is 1.05. The Hall–Kier alpha value is -1.19. The fraction of sp³-hybridized carbons (Fsp3) is 0.250. The van der Waals surface area contributed by atoms with Gasteiger partial charge in [0.2, 0.25) is 0 Å². The van der Waals surface area contributed by atoms with E-state index in [1.807, 2.05) is 18.2 Å². The first-order valence-corrected chi connectivity index (χ1v) is 7.74. The van der Waals surface area contributed by atoms with Crippen LogP contribution >= 0.6 is 27.5 Å². The minimum absolute atomic E-state index is 0.156. The molecule has 0 fully saturated rings. The molecule has 104 valence electrons. The van der Waals surface area contributed by atoms with Crippen molar-refractivity contribution >= 4 is 33.2 Å². The van der Waals surface area contributed by atoms with E-state index in [0.717, 1.165) is 33.9 Å². The summed E-state index contributed by atoms with van der Waals surface area (Å²) >= 11 is 9.54. The topological polar surface area (TPSA) is 21.3 Å². The van der Waals surface area contributed by atoms with Gasteiger partial charge in [-0.05, 0) is 48.4 Å². The first-order valence-electron chi connectivity index (χ1n) is 6.57. The smallest absolute Gasteiger partial charge is 0.123 e. The third-order valence-electron chi connectivity index (χ3n) is 3.47. The van der Waals surface area contributed by atoms with Gasteiger partial charge in [-0.2, -0.15) is 0 Å². The maximum absolute atomic E-state index is 6.00. The van der Waals surface area contributed by atoms with Gasteiger partial charge in [0.15, 0.2) is 0 Å². The van der Waals surface area contributed by atoms with E-state index >= 15 is 0 Å². The van der Waals surface area contributed by atoms with Gasteiger partial charge < -0.3 is 10.1 Å². The molecule has 4 heteroatoms. The molecule has 0 saturated heterocycles. The summed E-state index contributed by atoms with van der Waals surface area (Å²) in [4.78, 5) is 0. The molecule has 0 amide bonds. The second kappa shape index (κ2) is 5.66. The fourth-order valence-corrected chi connectivity index (χ4v) is 2.91. The van der Waals surface area contributed by atoms with Crippen LogP contribution in [0.4, 0.5) is 5.69 Å². The summed E-state index contributed by atoms with van der Waals surface area (Å²) in [5.74, 6) is 0.950. The van der Waals surface area contributed by atoms with Crippen molar-refractivity contribution in [3.05, 3.63) is 57.0 Å². The van der Waals surface area contributed by atoms with Crippen molar-refractivity contribution in [3.8, 4) is 5.75 Å². The highest BCUT2D eigenvalue weighted by molar-refractivity contribution is 9.10. The number of anilines is 1. The van der Waals surface area contributed by atoms with Crippen LogP contribution in [-0.2, 0) is 6.42 Å². The molecule has 0 aromatic heterocycles. The van der Waals surface area contributed by atoms with Crippen molar-refractivity contribution in [2.75, 3.05) is 11.9 Å². The van der Waals surface area contributed by atoms with E-state index in [1.54, 1.807) is 0 Å². The predicted molar refractivity (Wildman–Crippen MR) is 86.9 cm³/mol. The minimum atomic E-state index is 0.156. The molecule has 0 bridgehead atoms. The van der Waals surface area contributed by atoms with E-state index in [9.17, 15) is 0 Å². The summed E-state index contributed by atoms with van der Waals surface area (Å²) in [5, 5.41) is 4.18. The molecule has 0 spiro atoms. The van der Waals surface area contributed by atoms with Crippen LogP contribution in [0, 0.1) is 6.92 Å². The van der Waals surface area contributed by atoms with E-state index in [0.29, 0.717) is 0 Å². The normalized spacial score (nSPS) is 16.6. The Morgan fingerprint density at radius 1 is 1.30 bits per heavy atom. The molecule has 1 unspecified atom stereocenters. The van der Waals surface area contributed by atoms with Crippen LogP contribution in [0.1, 0.15) is 11.1 Å². The maximum Gasteiger partial charge on any atom is 0.123 e. The molecule has 2 aromatic carbocycles. The molecule has 1 aliphatic rings. The lowest BCUT2D eigenvalue weighted by atomic mass is 10.1. The van der Waals surface area contributed by atoms with E-state index in [2.05, 4.69) is 46.4 Å². The maximum atomic E-state index is 6.00. The van der Waals surface area contributed by atoms with Gasteiger partial charge in [-0.25, -0.2) is 0 Å². The van der Waals surface area contributed by atoms with Crippen molar-refractivity contribution in [1.82, 2.24) is 0 Å². The monoisotopic (exact) mass is 351 g/mol. The van der Waals surface area contributed by atoms with E-state index in [4.69, 9.17) is 16.3 Å². The average Bonchev–Trinajstić information content (AvgIpc) is 2.82. The third kappa shape index (κ3) is 2.94. The number of halogens is 2. The van der Waals surface area contributed by atoms with E-state index in [1.165, 1.54) is 11.1 Å². The minimum Gasteiger partial charge on any atom is -0.488 e. The number of rotatable bonds is 3. The van der Waals surface area contributed by atoms with Crippen LogP contribution in [0.15, 0.2) is 40.9 Å². The van der Waals surface area contributed by atoms with Gasteiger partial charge in [0.1, 0.15) is 11.9 Å². The number of nitrogens with one attached hydrogen (secondary N) is 1. The van der Waals surface area contributed by atoms with E-state index in [-0.39, 0.29) is 6.10 Å². The van der Waals surface area contributed by atoms with Gasteiger partial charge in [0.25, 0.3) is 0 Å². The van der Waals surface area contributed by atoms with Crippen molar-refractivity contribution in [1.29, 1.82) is 0 Å². The van der Waals surface area contributed by atoms with Crippen LogP contribution in [0.25, 0.3) is 0 Å². The van der Waals surface area contributed by atoms with Crippen molar-refractivity contribution in [2.24, 2.45) is 0 Å². The lowest BCUT2D eigenvalue weighted by Crippen LogP contribution is -2.23. The quantitative estimate of drug-likeness (QED) is 0.854. The van der Waals surface area contributed by atoms with Crippen molar-refractivity contribution < 1.29 is 4.74 Å². The molecule has 1 aliphatic heterocycles. The van der Waals surface area contributed by atoms with Crippen LogP contribution in [0.3, 0.4) is 0 Å². The molecule has 1 N–H and O–H groups in total. The first kappa shape index (κ1) is 13.8. The number of benzene rings is 2. The molecular formula is C16H15BrClNO. The van der Waals surface area contributed by atoms with Gasteiger partial charge >= 0.3 is 0 Å². The number of fused-ring (bicyclic) bond motifs is 1. The Labute approximate surface area is 132 Å². The Bertz CT molecular complexity index is 644. The van der Waals surface area contributed by atoms with E-state index < -0.39 is 0 Å². The van der Waals surface area contributed by atoms with Crippen LogP contribution in [-0.4, -0.2) is 12.6 Å². The zero-order chi connectivity index (χ0) is 14.1. The highest BCUT2D eigenvalue weighted by Gasteiger charge is 2.22. The zero-order valence-electron chi connectivity index (χ0n) is 11.1. The Morgan fingerprint density at radius 3 is 2.95 bits per heavy atom. The summed E-state index contributed by atoms with van der Waals surface area (Å²) in [6, 6.07) is 12.1. The molecule has 20 heavy (non-hydrogen) atoms. The summed E-state index contributed by atoms with van der Waals surface area (Å²) < 4.78 is 7.02. The standard InChI is InChI=1S/C16H15BrClNO/c1-10-2-4-13(8-15(10)17)19-9-14-7-11-6-12(18)3-5-16(11)20-14/h2-6,8,14,19H,7,9H2,1H3. The summed E-state index contributed by atoms with van der Waals surface area (Å²) in [5.41, 5.74) is 3.52. The van der Waals surface area contributed by atoms with Crippen LogP contribution < -0.4 is 10.1 Å². The van der Waals surface area contributed by atoms with Crippen LogP contribution in [0.2, 0.25) is 5.02 Å². The van der Waals surface area contributed by atoms with Gasteiger partial charge in [0.05, 0.1) is 6.54 Å². The molecular weight excluding hydrogens is 338 g/mol. The average molecular weight is 353 g/mol.